The molecule has 102 valence electrons. The molecule has 0 N–H and O–H groups in total. The Bertz CT molecular complexity index is 655. The van der Waals surface area contributed by atoms with Gasteiger partial charge in [-0.05, 0) is 29.3 Å². The topological polar surface area (TPSA) is 74.9 Å². The van der Waals surface area contributed by atoms with Crippen LogP contribution in [0.15, 0.2) is 24.3 Å². The van der Waals surface area contributed by atoms with Gasteiger partial charge in [-0.1, -0.05) is 12.1 Å². The van der Waals surface area contributed by atoms with Crippen LogP contribution in [-0.2, 0) is 6.54 Å². The number of nitrogens with zero attached hydrogens (tertiary/aromatic N) is 5. The van der Waals surface area contributed by atoms with Gasteiger partial charge < -0.3 is 9.64 Å². The van der Waals surface area contributed by atoms with Gasteiger partial charge in [-0.2, -0.15) is 20.2 Å². The molecule has 0 fully saturated rings. The number of methoxy groups -OCH3 is 1. The quantitative estimate of drug-likeness (QED) is 0.857. The molecule has 6 nitrogen and oxygen atoms in total. The van der Waals surface area contributed by atoms with E-state index in [-0.39, 0.29) is 11.3 Å². The molecular formula is C13H12ClN5O. The van der Waals surface area contributed by atoms with Gasteiger partial charge in [0.15, 0.2) is 0 Å². The standard InChI is InChI=1S/C13H12ClN5O/c1-19(8-10-5-3-4-9(6-10)7-15)12-16-11(14)17-13(18-12)20-2/h3-6H,8H2,1-2H3. The van der Waals surface area contributed by atoms with Gasteiger partial charge in [-0.25, -0.2) is 0 Å². The van der Waals surface area contributed by atoms with Crippen molar-refractivity contribution in [2.24, 2.45) is 0 Å². The molecule has 7 heteroatoms. The molecule has 0 unspecified atom stereocenters. The van der Waals surface area contributed by atoms with E-state index in [4.69, 9.17) is 21.6 Å². The number of benzene rings is 1. The highest BCUT2D eigenvalue weighted by Crippen LogP contribution is 2.16. The Morgan fingerprint density at radius 3 is 2.85 bits per heavy atom. The highest BCUT2D eigenvalue weighted by Gasteiger charge is 2.10. The summed E-state index contributed by atoms with van der Waals surface area (Å²) in [6.45, 7) is 0.541. The molecule has 0 radical (unpaired) electrons. The Labute approximate surface area is 121 Å². The van der Waals surface area contributed by atoms with E-state index in [9.17, 15) is 0 Å². The molecule has 0 saturated carbocycles. The second kappa shape index (κ2) is 6.17. The summed E-state index contributed by atoms with van der Waals surface area (Å²) in [5, 5.41) is 8.96. The first-order chi connectivity index (χ1) is 9.62. The summed E-state index contributed by atoms with van der Waals surface area (Å²) in [6, 6.07) is 9.61. The van der Waals surface area contributed by atoms with Gasteiger partial charge in [0.25, 0.3) is 0 Å². The first-order valence-corrected chi connectivity index (χ1v) is 6.16. The summed E-state index contributed by atoms with van der Waals surface area (Å²) >= 11 is 5.81. The molecule has 2 rings (SSSR count). The van der Waals surface area contributed by atoms with Crippen LogP contribution in [0.25, 0.3) is 0 Å². The van der Waals surface area contributed by atoms with Crippen molar-refractivity contribution in [3.63, 3.8) is 0 Å². The van der Waals surface area contributed by atoms with Crippen LogP contribution in [0.3, 0.4) is 0 Å². The van der Waals surface area contributed by atoms with Crippen LogP contribution in [0.4, 0.5) is 5.95 Å². The summed E-state index contributed by atoms with van der Waals surface area (Å²) in [5.41, 5.74) is 1.59. The molecule has 0 aliphatic carbocycles. The number of aromatic nitrogens is 3. The molecule has 1 aromatic carbocycles. The van der Waals surface area contributed by atoms with Crippen LogP contribution < -0.4 is 9.64 Å². The van der Waals surface area contributed by atoms with Gasteiger partial charge in [0.05, 0.1) is 18.7 Å². The maximum Gasteiger partial charge on any atom is 0.322 e. The first-order valence-electron chi connectivity index (χ1n) is 5.78. The Morgan fingerprint density at radius 1 is 1.35 bits per heavy atom. The lowest BCUT2D eigenvalue weighted by Gasteiger charge is -2.17. The summed E-state index contributed by atoms with van der Waals surface area (Å²) < 4.78 is 4.96. The lowest BCUT2D eigenvalue weighted by Crippen LogP contribution is -2.19. The van der Waals surface area contributed by atoms with Crippen LogP contribution in [0.2, 0.25) is 5.28 Å². The van der Waals surface area contributed by atoms with Crippen LogP contribution in [0.1, 0.15) is 11.1 Å². The number of hydrogen-bond donors (Lipinski definition) is 0. The average Bonchev–Trinajstić information content (AvgIpc) is 2.46. The maximum atomic E-state index is 8.89. The maximum absolute atomic E-state index is 8.89. The number of halogens is 1. The zero-order chi connectivity index (χ0) is 14.5. The number of anilines is 1. The Kier molecular flexibility index (Phi) is 4.33. The minimum atomic E-state index is 0.0736. The van der Waals surface area contributed by atoms with E-state index in [0.29, 0.717) is 18.1 Å². The summed E-state index contributed by atoms with van der Waals surface area (Å²) in [4.78, 5) is 13.8. The fourth-order valence-corrected chi connectivity index (χ4v) is 1.82. The molecule has 0 spiro atoms. The lowest BCUT2D eigenvalue weighted by atomic mass is 10.1. The third-order valence-electron chi connectivity index (χ3n) is 2.58. The molecule has 1 aromatic heterocycles. The normalized spacial score (nSPS) is 9.90. The molecule has 0 saturated heterocycles. The highest BCUT2D eigenvalue weighted by molar-refractivity contribution is 6.28. The smallest absolute Gasteiger partial charge is 0.322 e. The SMILES string of the molecule is COc1nc(Cl)nc(N(C)Cc2cccc(C#N)c2)n1. The van der Waals surface area contributed by atoms with E-state index in [1.54, 1.807) is 11.0 Å². The van der Waals surface area contributed by atoms with Crippen LogP contribution in [0, 0.1) is 11.3 Å². The number of nitriles is 1. The van der Waals surface area contributed by atoms with E-state index in [0.717, 1.165) is 5.56 Å². The molecule has 1 heterocycles. The molecule has 2 aromatic rings. The van der Waals surface area contributed by atoms with Gasteiger partial charge >= 0.3 is 6.01 Å². The zero-order valence-electron chi connectivity index (χ0n) is 11.0. The van der Waals surface area contributed by atoms with Crippen LogP contribution >= 0.6 is 11.6 Å². The van der Waals surface area contributed by atoms with Gasteiger partial charge in [0, 0.05) is 13.6 Å². The molecule has 0 bridgehead atoms. The Balaban J connectivity index is 2.21. The van der Waals surface area contributed by atoms with E-state index in [2.05, 4.69) is 21.0 Å². The first kappa shape index (κ1) is 14.0. The van der Waals surface area contributed by atoms with Gasteiger partial charge in [0.1, 0.15) is 0 Å². The third kappa shape index (κ3) is 3.33. The fraction of sp³-hybridized carbons (Fsp3) is 0.231. The van der Waals surface area contributed by atoms with Crippen LogP contribution in [-0.4, -0.2) is 29.1 Å². The summed E-state index contributed by atoms with van der Waals surface area (Å²) in [5.74, 6) is 0.407. The van der Waals surface area contributed by atoms with Crippen molar-refractivity contribution in [1.29, 1.82) is 5.26 Å². The molecule has 0 aliphatic heterocycles. The fourth-order valence-electron chi connectivity index (χ4n) is 1.67. The predicted octanol–water partition coefficient (Wildman–Crippen LogP) is 2.04. The minimum absolute atomic E-state index is 0.0736. The van der Waals surface area contributed by atoms with E-state index in [1.165, 1.54) is 7.11 Å². The van der Waals surface area contributed by atoms with Crippen molar-refractivity contribution in [2.45, 2.75) is 6.54 Å². The largest absolute Gasteiger partial charge is 0.467 e. The highest BCUT2D eigenvalue weighted by atomic mass is 35.5. The van der Waals surface area contributed by atoms with Gasteiger partial charge in [0.2, 0.25) is 11.2 Å². The number of hydrogen-bond acceptors (Lipinski definition) is 6. The lowest BCUT2D eigenvalue weighted by molar-refractivity contribution is 0.378. The van der Waals surface area contributed by atoms with Gasteiger partial charge in [-0.15, -0.1) is 0 Å². The van der Waals surface area contributed by atoms with Crippen molar-refractivity contribution >= 4 is 17.5 Å². The summed E-state index contributed by atoms with van der Waals surface area (Å²) in [7, 11) is 3.29. The van der Waals surface area contributed by atoms with E-state index in [1.807, 2.05) is 25.2 Å². The summed E-state index contributed by atoms with van der Waals surface area (Å²) in [6.07, 6.45) is 0. The van der Waals surface area contributed by atoms with Crippen molar-refractivity contribution < 1.29 is 4.74 Å². The van der Waals surface area contributed by atoms with Gasteiger partial charge in [-0.3, -0.25) is 0 Å². The zero-order valence-corrected chi connectivity index (χ0v) is 11.8. The molecule has 0 atom stereocenters. The molecular weight excluding hydrogens is 278 g/mol. The van der Waals surface area contributed by atoms with Crippen molar-refractivity contribution in [1.82, 2.24) is 15.0 Å². The number of rotatable bonds is 4. The second-order valence-electron chi connectivity index (χ2n) is 4.06. The third-order valence-corrected chi connectivity index (χ3v) is 2.74. The van der Waals surface area contributed by atoms with E-state index >= 15 is 0 Å². The number of ether oxygens (including phenoxy) is 1. The molecule has 0 aliphatic rings. The van der Waals surface area contributed by atoms with Crippen molar-refractivity contribution in [3.05, 3.63) is 40.7 Å². The van der Waals surface area contributed by atoms with Crippen molar-refractivity contribution in [2.75, 3.05) is 19.1 Å². The minimum Gasteiger partial charge on any atom is -0.467 e. The average molecular weight is 290 g/mol. The Hall–Kier alpha value is -2.39. The second-order valence-corrected chi connectivity index (χ2v) is 4.40. The predicted molar refractivity (Wildman–Crippen MR) is 74.7 cm³/mol. The monoisotopic (exact) mass is 289 g/mol. The molecule has 20 heavy (non-hydrogen) atoms. The van der Waals surface area contributed by atoms with E-state index < -0.39 is 0 Å². The van der Waals surface area contributed by atoms with Crippen LogP contribution in [0.5, 0.6) is 6.01 Å². The molecule has 0 amide bonds. The Morgan fingerprint density at radius 2 is 2.15 bits per heavy atom. The van der Waals surface area contributed by atoms with Crippen molar-refractivity contribution in [3.8, 4) is 12.1 Å².